The van der Waals surface area contributed by atoms with E-state index in [1.807, 2.05) is 0 Å². The number of aryl methyl sites for hydroxylation is 1. The van der Waals surface area contributed by atoms with Crippen LogP contribution in [-0.4, -0.2) is 18.9 Å². The third kappa shape index (κ3) is 11.1. The highest BCUT2D eigenvalue weighted by Gasteiger charge is 2.10. The Bertz CT molecular complexity index is 861. The Kier molecular flexibility index (Phi) is 11.3. The highest BCUT2D eigenvalue weighted by molar-refractivity contribution is 7.85. The molecule has 0 unspecified atom stereocenters. The molecule has 0 heterocycles. The van der Waals surface area contributed by atoms with Crippen LogP contribution >= 0.6 is 0 Å². The van der Waals surface area contributed by atoms with Crippen molar-refractivity contribution in [3.63, 3.8) is 0 Å². The van der Waals surface area contributed by atoms with E-state index in [4.69, 9.17) is 9.29 Å². The van der Waals surface area contributed by atoms with E-state index in [0.717, 1.165) is 19.3 Å². The van der Waals surface area contributed by atoms with Crippen LogP contribution in [0, 0.1) is 0 Å². The van der Waals surface area contributed by atoms with E-state index in [1.54, 1.807) is 0 Å². The fourth-order valence-corrected chi connectivity index (χ4v) is 4.00. The van der Waals surface area contributed by atoms with Gasteiger partial charge in [-0.1, -0.05) is 81.7 Å². The van der Waals surface area contributed by atoms with Gasteiger partial charge in [-0.3, -0.25) is 9.35 Å². The fraction of sp³-hybridized carbons (Fsp3) is 0.480. The van der Waals surface area contributed by atoms with Crippen molar-refractivity contribution in [2.75, 3.05) is 0 Å². The Morgan fingerprint density at radius 1 is 0.710 bits per heavy atom. The van der Waals surface area contributed by atoms with Crippen molar-refractivity contribution in [1.29, 1.82) is 0 Å². The van der Waals surface area contributed by atoms with Crippen molar-refractivity contribution in [2.24, 2.45) is 0 Å². The summed E-state index contributed by atoms with van der Waals surface area (Å²) in [5, 5.41) is 0. The van der Waals surface area contributed by atoms with Gasteiger partial charge in [-0.25, -0.2) is 0 Å². The first kappa shape index (κ1) is 25.1. The van der Waals surface area contributed by atoms with Crippen molar-refractivity contribution in [3.05, 3.63) is 60.2 Å². The maximum atomic E-state index is 11.9. The van der Waals surface area contributed by atoms with E-state index in [1.165, 1.54) is 81.2 Å². The summed E-state index contributed by atoms with van der Waals surface area (Å²) >= 11 is 0. The second kappa shape index (κ2) is 14.0. The SMILES string of the molecule is O=C(CCCCCCCCCCCCc1ccccc1)Oc1ccc(S(=O)(=O)O)cc1. The number of hydrogen-bond acceptors (Lipinski definition) is 4. The van der Waals surface area contributed by atoms with Gasteiger partial charge in [-0.15, -0.1) is 0 Å². The van der Waals surface area contributed by atoms with Crippen molar-refractivity contribution in [1.82, 2.24) is 0 Å². The van der Waals surface area contributed by atoms with E-state index in [2.05, 4.69) is 30.3 Å². The molecule has 0 aromatic heterocycles. The second-order valence-electron chi connectivity index (χ2n) is 7.94. The lowest BCUT2D eigenvalue weighted by atomic mass is 10.0. The molecule has 0 amide bonds. The molecule has 170 valence electrons. The van der Waals surface area contributed by atoms with Crippen molar-refractivity contribution in [2.45, 2.75) is 81.9 Å². The molecule has 6 heteroatoms. The van der Waals surface area contributed by atoms with Gasteiger partial charge < -0.3 is 4.74 Å². The summed E-state index contributed by atoms with van der Waals surface area (Å²) in [5.41, 5.74) is 1.43. The Morgan fingerprint density at radius 2 is 1.23 bits per heavy atom. The predicted molar refractivity (Wildman–Crippen MR) is 123 cm³/mol. The summed E-state index contributed by atoms with van der Waals surface area (Å²) in [5.74, 6) is -0.0451. The van der Waals surface area contributed by atoms with Gasteiger partial charge in [-0.05, 0) is 49.1 Å². The number of benzene rings is 2. The Morgan fingerprint density at radius 3 is 1.77 bits per heavy atom. The standard InChI is InChI=1S/C25H34O5S/c26-25(30-23-18-20-24(21-19-23)31(27,28)29)17-13-8-6-4-2-1-3-5-7-10-14-22-15-11-9-12-16-22/h9,11-12,15-16,18-21H,1-8,10,13-14,17H2,(H,27,28,29). The van der Waals surface area contributed by atoms with E-state index < -0.39 is 10.1 Å². The molecule has 0 fully saturated rings. The van der Waals surface area contributed by atoms with Crippen LogP contribution in [0.25, 0.3) is 0 Å². The number of ether oxygens (including phenoxy) is 1. The molecule has 1 N–H and O–H groups in total. The maximum Gasteiger partial charge on any atom is 0.311 e. The third-order valence-corrected chi connectivity index (χ3v) is 6.16. The van der Waals surface area contributed by atoms with Gasteiger partial charge in [-0.2, -0.15) is 8.42 Å². The van der Waals surface area contributed by atoms with Crippen LogP contribution in [0.4, 0.5) is 0 Å². The molecule has 0 saturated carbocycles. The minimum Gasteiger partial charge on any atom is -0.427 e. The lowest BCUT2D eigenvalue weighted by Crippen LogP contribution is -2.07. The number of carbonyl (C=O) groups is 1. The number of esters is 1. The van der Waals surface area contributed by atoms with Crippen LogP contribution in [0.2, 0.25) is 0 Å². The minimum atomic E-state index is -4.23. The number of rotatable bonds is 15. The lowest BCUT2D eigenvalue weighted by Gasteiger charge is -2.05. The topological polar surface area (TPSA) is 80.7 Å². The molecule has 2 rings (SSSR count). The summed E-state index contributed by atoms with van der Waals surface area (Å²) < 4.78 is 36.1. The number of hydrogen-bond donors (Lipinski definition) is 1. The molecule has 0 aliphatic carbocycles. The van der Waals surface area contributed by atoms with Crippen molar-refractivity contribution in [3.8, 4) is 5.75 Å². The maximum absolute atomic E-state index is 11.9. The van der Waals surface area contributed by atoms with Crippen LogP contribution in [0.1, 0.15) is 76.2 Å². The molecule has 0 radical (unpaired) electrons. The quantitative estimate of drug-likeness (QED) is 0.149. The smallest absolute Gasteiger partial charge is 0.311 e. The van der Waals surface area contributed by atoms with Gasteiger partial charge in [0, 0.05) is 6.42 Å². The summed E-state index contributed by atoms with van der Waals surface area (Å²) in [6, 6.07) is 15.8. The van der Waals surface area contributed by atoms with Crippen LogP contribution in [0.5, 0.6) is 5.75 Å². The zero-order chi connectivity index (χ0) is 22.4. The highest BCUT2D eigenvalue weighted by Crippen LogP contribution is 2.17. The molecule has 5 nitrogen and oxygen atoms in total. The van der Waals surface area contributed by atoms with Gasteiger partial charge >= 0.3 is 5.97 Å². The number of unbranched alkanes of at least 4 members (excludes halogenated alkanes) is 9. The summed E-state index contributed by atoms with van der Waals surface area (Å²) in [6.07, 6.45) is 13.4. The normalized spacial score (nSPS) is 11.4. The van der Waals surface area contributed by atoms with Crippen LogP contribution in [0.3, 0.4) is 0 Å². The molecule has 2 aromatic carbocycles. The Balaban J connectivity index is 1.41. The molecule has 31 heavy (non-hydrogen) atoms. The van der Waals surface area contributed by atoms with E-state index >= 15 is 0 Å². The van der Waals surface area contributed by atoms with Gasteiger partial charge in [0.1, 0.15) is 5.75 Å². The molecular weight excluding hydrogens is 412 g/mol. The molecular formula is C25H34O5S. The van der Waals surface area contributed by atoms with Gasteiger partial charge in [0.2, 0.25) is 0 Å². The van der Waals surface area contributed by atoms with Gasteiger partial charge in [0.25, 0.3) is 10.1 Å². The summed E-state index contributed by atoms with van der Waals surface area (Å²) in [4.78, 5) is 11.6. The van der Waals surface area contributed by atoms with E-state index in [9.17, 15) is 13.2 Å². The fourth-order valence-electron chi connectivity index (χ4n) is 3.52. The molecule has 0 aliphatic heterocycles. The molecule has 2 aromatic rings. The van der Waals surface area contributed by atoms with Crippen LogP contribution in [-0.2, 0) is 21.3 Å². The zero-order valence-electron chi connectivity index (χ0n) is 18.2. The molecule has 0 spiro atoms. The summed E-state index contributed by atoms with van der Waals surface area (Å²) in [6.45, 7) is 0. The minimum absolute atomic E-state index is 0.223. The second-order valence-corrected chi connectivity index (χ2v) is 9.36. The van der Waals surface area contributed by atoms with Crippen molar-refractivity contribution >= 4 is 16.1 Å². The lowest BCUT2D eigenvalue weighted by molar-refractivity contribution is -0.134. The largest absolute Gasteiger partial charge is 0.427 e. The van der Waals surface area contributed by atoms with Crippen LogP contribution < -0.4 is 4.74 Å². The first-order valence-electron chi connectivity index (χ1n) is 11.3. The van der Waals surface area contributed by atoms with Gasteiger partial charge in [0.15, 0.2) is 0 Å². The average molecular weight is 447 g/mol. The van der Waals surface area contributed by atoms with Crippen molar-refractivity contribution < 1.29 is 22.5 Å². The predicted octanol–water partition coefficient (Wildman–Crippen LogP) is 6.37. The van der Waals surface area contributed by atoms with E-state index in [0.29, 0.717) is 6.42 Å². The molecule has 0 saturated heterocycles. The van der Waals surface area contributed by atoms with Crippen LogP contribution in [0.15, 0.2) is 59.5 Å². The monoisotopic (exact) mass is 446 g/mol. The van der Waals surface area contributed by atoms with Gasteiger partial charge in [0.05, 0.1) is 4.90 Å². The first-order valence-corrected chi connectivity index (χ1v) is 12.7. The molecule has 0 bridgehead atoms. The molecule has 0 atom stereocenters. The molecule has 0 aliphatic rings. The summed E-state index contributed by atoms with van der Waals surface area (Å²) in [7, 11) is -4.23. The number of carbonyl (C=O) groups excluding carboxylic acids is 1. The third-order valence-electron chi connectivity index (χ3n) is 5.29. The zero-order valence-corrected chi connectivity index (χ0v) is 19.0. The Hall–Kier alpha value is -2.18. The Labute approximate surface area is 186 Å². The first-order chi connectivity index (χ1) is 14.9. The van der Waals surface area contributed by atoms with E-state index in [-0.39, 0.29) is 16.6 Å². The average Bonchev–Trinajstić information content (AvgIpc) is 2.75. The highest BCUT2D eigenvalue weighted by atomic mass is 32.2.